The predicted molar refractivity (Wildman–Crippen MR) is 97.7 cm³/mol. The normalized spacial score (nSPS) is 55.2. The van der Waals surface area contributed by atoms with Gasteiger partial charge in [-0.15, -0.1) is 0 Å². The van der Waals surface area contributed by atoms with Crippen LogP contribution in [-0.4, -0.2) is 35.2 Å². The van der Waals surface area contributed by atoms with Crippen LogP contribution in [0.5, 0.6) is 0 Å². The Labute approximate surface area is 148 Å². The molecule has 0 aromatic heterocycles. The van der Waals surface area contributed by atoms with Crippen LogP contribution in [0, 0.1) is 40.4 Å². The summed E-state index contributed by atoms with van der Waals surface area (Å²) in [4.78, 5) is 2.82. The number of hydrogen-bond donors (Lipinski definition) is 1. The van der Waals surface area contributed by atoms with E-state index in [1.807, 2.05) is 0 Å². The molecular formula is C22H37NO. The van der Waals surface area contributed by atoms with E-state index in [4.69, 9.17) is 0 Å². The van der Waals surface area contributed by atoms with Crippen LogP contribution in [0.3, 0.4) is 0 Å². The molecule has 6 aliphatic rings. The highest BCUT2D eigenvalue weighted by atomic mass is 16.3. The third kappa shape index (κ3) is 2.21. The smallest absolute Gasteiger partial charge is 0.0656 e. The zero-order chi connectivity index (χ0) is 16.7. The largest absolute Gasteiger partial charge is 0.390 e. The zero-order valence-electron chi connectivity index (χ0n) is 16.1. The van der Waals surface area contributed by atoms with Crippen LogP contribution in [0.2, 0.25) is 0 Å². The van der Waals surface area contributed by atoms with Crippen LogP contribution in [0.25, 0.3) is 0 Å². The average Bonchev–Trinajstić information content (AvgIpc) is 2.61. The van der Waals surface area contributed by atoms with Crippen LogP contribution in [0.1, 0.15) is 72.1 Å². The highest BCUT2D eigenvalue weighted by Crippen LogP contribution is 2.60. The molecular weight excluding hydrogens is 294 g/mol. The van der Waals surface area contributed by atoms with E-state index < -0.39 is 0 Å². The van der Waals surface area contributed by atoms with Gasteiger partial charge in [0, 0.05) is 13.1 Å². The molecule has 6 fully saturated rings. The lowest BCUT2D eigenvalue weighted by atomic mass is 9.49. The summed E-state index contributed by atoms with van der Waals surface area (Å²) in [6.45, 7) is 11.6. The number of rotatable bonds is 3. The quantitative estimate of drug-likeness (QED) is 0.832. The van der Waals surface area contributed by atoms with E-state index in [9.17, 15) is 5.11 Å². The second kappa shape index (κ2) is 5.00. The molecule has 6 bridgehead atoms. The summed E-state index contributed by atoms with van der Waals surface area (Å²) >= 11 is 0. The van der Waals surface area contributed by atoms with Crippen LogP contribution in [-0.2, 0) is 0 Å². The average molecular weight is 332 g/mol. The van der Waals surface area contributed by atoms with Gasteiger partial charge in [-0.2, -0.15) is 0 Å². The van der Waals surface area contributed by atoms with Crippen molar-refractivity contribution in [3.8, 4) is 0 Å². The Kier molecular flexibility index (Phi) is 3.36. The molecule has 0 aromatic carbocycles. The van der Waals surface area contributed by atoms with Gasteiger partial charge in [0.25, 0.3) is 0 Å². The predicted octanol–water partition coefficient (Wildman–Crippen LogP) is 4.32. The van der Waals surface area contributed by atoms with Crippen LogP contribution >= 0.6 is 0 Å². The minimum absolute atomic E-state index is 0.255. The van der Waals surface area contributed by atoms with Crippen molar-refractivity contribution in [1.29, 1.82) is 0 Å². The molecule has 0 radical (unpaired) electrons. The Morgan fingerprint density at radius 2 is 1.75 bits per heavy atom. The topological polar surface area (TPSA) is 23.5 Å². The zero-order valence-corrected chi connectivity index (χ0v) is 16.1. The molecule has 4 unspecified atom stereocenters. The van der Waals surface area contributed by atoms with Gasteiger partial charge in [-0.25, -0.2) is 0 Å². The SMILES string of the molecule is CC12CCC(CN(CCC3C4CC5CC3CC(O)(C5)C4)C1)C2(C)C. The van der Waals surface area contributed by atoms with E-state index in [-0.39, 0.29) is 5.60 Å². The number of aliphatic hydroxyl groups is 1. The lowest BCUT2D eigenvalue weighted by Crippen LogP contribution is -2.56. The minimum atomic E-state index is -0.255. The molecule has 1 aliphatic heterocycles. The van der Waals surface area contributed by atoms with Gasteiger partial charge in [0.1, 0.15) is 0 Å². The maximum Gasteiger partial charge on any atom is 0.0656 e. The van der Waals surface area contributed by atoms with E-state index in [0.717, 1.165) is 48.9 Å². The van der Waals surface area contributed by atoms with Crippen molar-refractivity contribution in [3.63, 3.8) is 0 Å². The molecule has 0 aromatic rings. The van der Waals surface area contributed by atoms with Crippen molar-refractivity contribution >= 4 is 0 Å². The minimum Gasteiger partial charge on any atom is -0.390 e. The molecule has 6 rings (SSSR count). The summed E-state index contributed by atoms with van der Waals surface area (Å²) in [5.74, 6) is 4.37. The molecule has 24 heavy (non-hydrogen) atoms. The summed E-state index contributed by atoms with van der Waals surface area (Å²) in [6, 6.07) is 0. The van der Waals surface area contributed by atoms with E-state index in [1.165, 1.54) is 51.7 Å². The van der Waals surface area contributed by atoms with Crippen molar-refractivity contribution in [2.24, 2.45) is 40.4 Å². The second-order valence-electron chi connectivity index (χ2n) is 11.4. The van der Waals surface area contributed by atoms with Gasteiger partial charge in [0.15, 0.2) is 0 Å². The van der Waals surface area contributed by atoms with Crippen molar-refractivity contribution < 1.29 is 5.11 Å². The highest BCUT2D eigenvalue weighted by molar-refractivity contribution is 5.07. The maximum absolute atomic E-state index is 10.8. The number of piperidine rings is 1. The fourth-order valence-corrected chi connectivity index (χ4v) is 8.20. The third-order valence-corrected chi connectivity index (χ3v) is 9.89. The van der Waals surface area contributed by atoms with Crippen LogP contribution in [0.4, 0.5) is 0 Å². The van der Waals surface area contributed by atoms with Gasteiger partial charge < -0.3 is 10.0 Å². The Bertz CT molecular complexity index is 512. The third-order valence-electron chi connectivity index (χ3n) is 9.89. The molecule has 0 amide bonds. The first-order valence-corrected chi connectivity index (χ1v) is 10.7. The van der Waals surface area contributed by atoms with Gasteiger partial charge in [-0.05, 0) is 98.3 Å². The Morgan fingerprint density at radius 1 is 1.04 bits per heavy atom. The van der Waals surface area contributed by atoms with Crippen molar-refractivity contribution in [3.05, 3.63) is 0 Å². The number of fused-ring (bicyclic) bond motifs is 2. The molecule has 1 N–H and O–H groups in total. The molecule has 1 saturated heterocycles. The number of likely N-dealkylation sites (tertiary alicyclic amines) is 1. The first kappa shape index (κ1) is 16.1. The first-order chi connectivity index (χ1) is 11.3. The molecule has 0 spiro atoms. The van der Waals surface area contributed by atoms with Crippen molar-refractivity contribution in [1.82, 2.24) is 4.90 Å². The highest BCUT2D eigenvalue weighted by Gasteiger charge is 2.56. The number of nitrogens with zero attached hydrogens (tertiary/aromatic N) is 1. The van der Waals surface area contributed by atoms with E-state index in [1.54, 1.807) is 0 Å². The molecule has 136 valence electrons. The Balaban J connectivity index is 1.24. The summed E-state index contributed by atoms with van der Waals surface area (Å²) in [5, 5.41) is 10.8. The van der Waals surface area contributed by atoms with Gasteiger partial charge in [-0.3, -0.25) is 0 Å². The molecule has 5 aliphatic carbocycles. The molecule has 2 heteroatoms. The molecule has 1 heterocycles. The monoisotopic (exact) mass is 331 g/mol. The maximum atomic E-state index is 10.8. The van der Waals surface area contributed by atoms with Crippen molar-refractivity contribution in [2.45, 2.75) is 77.7 Å². The fraction of sp³-hybridized carbons (Fsp3) is 1.00. The van der Waals surface area contributed by atoms with Gasteiger partial charge >= 0.3 is 0 Å². The first-order valence-electron chi connectivity index (χ1n) is 10.7. The summed E-state index contributed by atoms with van der Waals surface area (Å²) in [6.07, 6.45) is 10.5. The lowest BCUT2D eigenvalue weighted by Gasteiger charge is -2.58. The summed E-state index contributed by atoms with van der Waals surface area (Å²) in [5.41, 5.74) is 0.819. The van der Waals surface area contributed by atoms with E-state index in [2.05, 4.69) is 25.7 Å². The van der Waals surface area contributed by atoms with Crippen LogP contribution < -0.4 is 0 Å². The van der Waals surface area contributed by atoms with Crippen molar-refractivity contribution in [2.75, 3.05) is 19.6 Å². The summed E-state index contributed by atoms with van der Waals surface area (Å²) < 4.78 is 0. The molecule has 2 nitrogen and oxygen atoms in total. The summed E-state index contributed by atoms with van der Waals surface area (Å²) in [7, 11) is 0. The molecule has 5 saturated carbocycles. The van der Waals surface area contributed by atoms with Crippen LogP contribution in [0.15, 0.2) is 0 Å². The number of hydrogen-bond acceptors (Lipinski definition) is 2. The fourth-order valence-electron chi connectivity index (χ4n) is 8.20. The van der Waals surface area contributed by atoms with E-state index in [0.29, 0.717) is 10.8 Å². The second-order valence-corrected chi connectivity index (χ2v) is 11.4. The Morgan fingerprint density at radius 3 is 2.38 bits per heavy atom. The lowest BCUT2D eigenvalue weighted by molar-refractivity contribution is -0.154. The van der Waals surface area contributed by atoms with Gasteiger partial charge in [-0.1, -0.05) is 20.8 Å². The Hall–Kier alpha value is -0.0800. The van der Waals surface area contributed by atoms with Gasteiger partial charge in [0.05, 0.1) is 5.60 Å². The standard InChI is InChI=1S/C22H37NO/c1-20(2)18-4-6-21(20,3)14-23(13-18)7-5-19-16-8-15-9-17(19)12-22(24,10-15)11-16/h15-19,24H,4-14H2,1-3H3. The molecule has 4 atom stereocenters. The van der Waals surface area contributed by atoms with Gasteiger partial charge in [0.2, 0.25) is 0 Å². The van der Waals surface area contributed by atoms with E-state index >= 15 is 0 Å².